The summed E-state index contributed by atoms with van der Waals surface area (Å²) < 4.78 is 7.52. The third kappa shape index (κ3) is 3.86. The van der Waals surface area contributed by atoms with Crippen LogP contribution in [0.25, 0.3) is 0 Å². The van der Waals surface area contributed by atoms with Gasteiger partial charge in [-0.15, -0.1) is 0 Å². The minimum atomic E-state index is -0.111. The zero-order valence-electron chi connectivity index (χ0n) is 14.7. The molecule has 0 spiro atoms. The highest BCUT2D eigenvalue weighted by molar-refractivity contribution is 6.31. The highest BCUT2D eigenvalue weighted by Crippen LogP contribution is 2.28. The van der Waals surface area contributed by atoms with Crippen molar-refractivity contribution in [3.8, 4) is 5.75 Å². The zero-order chi connectivity index (χ0) is 17.8. The lowest BCUT2D eigenvalue weighted by atomic mass is 10.0. The molecular formula is C20H22ClN3O. The van der Waals surface area contributed by atoms with Crippen LogP contribution >= 0.6 is 11.6 Å². The molecule has 1 N–H and O–H groups in total. The van der Waals surface area contributed by atoms with Gasteiger partial charge in [-0.1, -0.05) is 41.9 Å². The van der Waals surface area contributed by atoms with Gasteiger partial charge in [0, 0.05) is 36.6 Å². The first kappa shape index (κ1) is 17.5. The Bertz CT molecular complexity index is 860. The molecule has 2 aromatic carbocycles. The maximum atomic E-state index is 6.45. The average molecular weight is 356 g/mol. The molecule has 130 valence electrons. The molecule has 4 nitrogen and oxygen atoms in total. The average Bonchev–Trinajstić information content (AvgIpc) is 3.03. The minimum Gasteiger partial charge on any atom is -0.496 e. The van der Waals surface area contributed by atoms with E-state index >= 15 is 0 Å². The van der Waals surface area contributed by atoms with Crippen LogP contribution in [-0.2, 0) is 13.6 Å². The summed E-state index contributed by atoms with van der Waals surface area (Å²) in [6, 6.07) is 14.0. The highest BCUT2D eigenvalue weighted by atomic mass is 35.5. The Hall–Kier alpha value is -2.30. The molecule has 5 heteroatoms. The summed E-state index contributed by atoms with van der Waals surface area (Å²) in [5.74, 6) is 1.80. The first-order chi connectivity index (χ1) is 12.1. The lowest BCUT2D eigenvalue weighted by Gasteiger charge is -2.21. The second-order valence-electron chi connectivity index (χ2n) is 6.05. The van der Waals surface area contributed by atoms with E-state index in [-0.39, 0.29) is 6.04 Å². The molecule has 3 rings (SSSR count). The fraction of sp³-hybridized carbons (Fsp3) is 0.250. The number of imidazole rings is 1. The smallest absolute Gasteiger partial charge is 0.130 e. The van der Waals surface area contributed by atoms with Crippen LogP contribution in [0.5, 0.6) is 5.75 Å². The number of nitrogens with one attached hydrogen (secondary N) is 1. The summed E-state index contributed by atoms with van der Waals surface area (Å²) in [5, 5.41) is 4.30. The lowest BCUT2D eigenvalue weighted by Crippen LogP contribution is -2.25. The molecule has 0 fully saturated rings. The minimum absolute atomic E-state index is 0.111. The van der Waals surface area contributed by atoms with Gasteiger partial charge in [0.2, 0.25) is 0 Å². The van der Waals surface area contributed by atoms with Gasteiger partial charge in [0.1, 0.15) is 11.6 Å². The van der Waals surface area contributed by atoms with Gasteiger partial charge in [-0.25, -0.2) is 4.98 Å². The largest absolute Gasteiger partial charge is 0.496 e. The van der Waals surface area contributed by atoms with Gasteiger partial charge in [-0.3, -0.25) is 5.32 Å². The molecule has 0 amide bonds. The number of methoxy groups -OCH3 is 1. The van der Waals surface area contributed by atoms with Crippen LogP contribution in [0.4, 0.5) is 0 Å². The van der Waals surface area contributed by atoms with Crippen LogP contribution in [0.15, 0.2) is 54.9 Å². The van der Waals surface area contributed by atoms with Gasteiger partial charge in [0.25, 0.3) is 0 Å². The Balaban J connectivity index is 1.92. The van der Waals surface area contributed by atoms with Crippen molar-refractivity contribution in [3.05, 3.63) is 82.4 Å². The van der Waals surface area contributed by atoms with Crippen molar-refractivity contribution in [2.75, 3.05) is 7.11 Å². The van der Waals surface area contributed by atoms with Crippen molar-refractivity contribution in [2.45, 2.75) is 19.5 Å². The van der Waals surface area contributed by atoms with Gasteiger partial charge >= 0.3 is 0 Å². The summed E-state index contributed by atoms with van der Waals surface area (Å²) in [6.45, 7) is 2.70. The monoisotopic (exact) mass is 355 g/mol. The van der Waals surface area contributed by atoms with Crippen LogP contribution in [-0.4, -0.2) is 16.7 Å². The van der Waals surface area contributed by atoms with E-state index in [1.54, 1.807) is 13.3 Å². The van der Waals surface area contributed by atoms with Gasteiger partial charge in [-0.2, -0.15) is 0 Å². The lowest BCUT2D eigenvalue weighted by molar-refractivity contribution is 0.405. The number of aromatic nitrogens is 2. The van der Waals surface area contributed by atoms with Crippen molar-refractivity contribution in [3.63, 3.8) is 0 Å². The Morgan fingerprint density at radius 2 is 2.04 bits per heavy atom. The Morgan fingerprint density at radius 1 is 1.24 bits per heavy atom. The molecule has 0 aliphatic carbocycles. The summed E-state index contributed by atoms with van der Waals surface area (Å²) in [7, 11) is 3.68. The van der Waals surface area contributed by atoms with Gasteiger partial charge in [-0.05, 0) is 30.2 Å². The van der Waals surface area contributed by atoms with Crippen molar-refractivity contribution in [1.29, 1.82) is 0 Å². The molecule has 0 saturated heterocycles. The molecule has 1 heterocycles. The summed E-state index contributed by atoms with van der Waals surface area (Å²) >= 11 is 6.45. The van der Waals surface area contributed by atoms with E-state index < -0.39 is 0 Å². The fourth-order valence-electron chi connectivity index (χ4n) is 2.91. The summed E-state index contributed by atoms with van der Waals surface area (Å²) in [4.78, 5) is 4.51. The third-order valence-corrected chi connectivity index (χ3v) is 4.62. The second kappa shape index (κ2) is 7.72. The Morgan fingerprint density at radius 3 is 2.72 bits per heavy atom. The van der Waals surface area contributed by atoms with E-state index in [0.29, 0.717) is 6.54 Å². The van der Waals surface area contributed by atoms with Crippen LogP contribution in [0.2, 0.25) is 5.02 Å². The van der Waals surface area contributed by atoms with Gasteiger partial charge in [0.15, 0.2) is 0 Å². The number of hydrogen-bond acceptors (Lipinski definition) is 3. The van der Waals surface area contributed by atoms with Crippen molar-refractivity contribution in [1.82, 2.24) is 14.9 Å². The fourth-order valence-corrected chi connectivity index (χ4v) is 3.16. The molecular weight excluding hydrogens is 334 g/mol. The summed E-state index contributed by atoms with van der Waals surface area (Å²) in [5.41, 5.74) is 3.27. The van der Waals surface area contributed by atoms with Gasteiger partial charge < -0.3 is 9.30 Å². The van der Waals surface area contributed by atoms with Crippen LogP contribution < -0.4 is 10.1 Å². The standard InChI is InChI=1S/C20H22ClN3O/c1-14-8-9-15(18(12-14)25-3)13-23-19(20-22-10-11-24(20)2)16-6-4-5-7-17(16)21/h4-12,19,23H,13H2,1-3H3. The molecule has 0 saturated carbocycles. The predicted molar refractivity (Wildman–Crippen MR) is 101 cm³/mol. The number of hydrogen-bond donors (Lipinski definition) is 1. The first-order valence-electron chi connectivity index (χ1n) is 8.18. The number of benzene rings is 2. The predicted octanol–water partition coefficient (Wildman–Crippen LogP) is 4.27. The van der Waals surface area contributed by atoms with Crippen molar-refractivity contribution in [2.24, 2.45) is 7.05 Å². The maximum Gasteiger partial charge on any atom is 0.130 e. The Kier molecular flexibility index (Phi) is 5.41. The Labute approximate surface area is 153 Å². The number of nitrogens with zero attached hydrogens (tertiary/aromatic N) is 2. The normalized spacial score (nSPS) is 12.2. The second-order valence-corrected chi connectivity index (χ2v) is 6.45. The molecule has 0 aliphatic heterocycles. The highest BCUT2D eigenvalue weighted by Gasteiger charge is 2.20. The maximum absolute atomic E-state index is 6.45. The van der Waals surface area contributed by atoms with Crippen LogP contribution in [0.1, 0.15) is 28.6 Å². The SMILES string of the molecule is COc1cc(C)ccc1CNC(c1ccccc1Cl)c1nccn1C. The quantitative estimate of drug-likeness (QED) is 0.717. The molecule has 0 bridgehead atoms. The van der Waals surface area contributed by atoms with E-state index in [2.05, 4.69) is 29.4 Å². The number of aryl methyl sites for hydroxylation is 2. The van der Waals surface area contributed by atoms with E-state index in [4.69, 9.17) is 16.3 Å². The summed E-state index contributed by atoms with van der Waals surface area (Å²) in [6.07, 6.45) is 3.74. The van der Waals surface area contributed by atoms with Crippen molar-refractivity contribution >= 4 is 11.6 Å². The van der Waals surface area contributed by atoms with Crippen molar-refractivity contribution < 1.29 is 4.74 Å². The van der Waals surface area contributed by atoms with E-state index in [0.717, 1.165) is 27.7 Å². The van der Waals surface area contributed by atoms with Crippen LogP contribution in [0, 0.1) is 6.92 Å². The molecule has 1 unspecified atom stereocenters. The van der Waals surface area contributed by atoms with E-state index in [1.165, 1.54) is 5.56 Å². The molecule has 1 aromatic heterocycles. The molecule has 3 aromatic rings. The number of halogens is 1. The topological polar surface area (TPSA) is 39.1 Å². The van der Waals surface area contributed by atoms with Crippen LogP contribution in [0.3, 0.4) is 0 Å². The number of rotatable bonds is 6. The molecule has 0 aliphatic rings. The molecule has 25 heavy (non-hydrogen) atoms. The first-order valence-corrected chi connectivity index (χ1v) is 8.56. The van der Waals surface area contributed by atoms with Gasteiger partial charge in [0.05, 0.1) is 13.2 Å². The zero-order valence-corrected chi connectivity index (χ0v) is 15.4. The number of ether oxygens (including phenoxy) is 1. The van der Waals surface area contributed by atoms with E-state index in [9.17, 15) is 0 Å². The third-order valence-electron chi connectivity index (χ3n) is 4.27. The van der Waals surface area contributed by atoms with E-state index in [1.807, 2.05) is 48.1 Å². The molecule has 0 radical (unpaired) electrons. The molecule has 1 atom stereocenters.